The van der Waals surface area contributed by atoms with E-state index in [4.69, 9.17) is 18.0 Å². The lowest BCUT2D eigenvalue weighted by molar-refractivity contribution is -0.118. The van der Waals surface area contributed by atoms with Crippen LogP contribution in [0.5, 0.6) is 0 Å². The first kappa shape index (κ1) is 14.5. The molecule has 0 radical (unpaired) electrons. The van der Waals surface area contributed by atoms with Crippen molar-refractivity contribution < 1.29 is 4.79 Å². The quantitative estimate of drug-likeness (QED) is 0.632. The van der Waals surface area contributed by atoms with Gasteiger partial charge in [0.25, 0.3) is 5.56 Å². The number of nitrogens with two attached hydrogens (primary N) is 1. The smallest absolute Gasteiger partial charge is 0.262 e. The van der Waals surface area contributed by atoms with Crippen molar-refractivity contribution in [3.63, 3.8) is 0 Å². The summed E-state index contributed by atoms with van der Waals surface area (Å²) in [6.07, 6.45) is 2.77. The van der Waals surface area contributed by atoms with Crippen molar-refractivity contribution in [1.29, 1.82) is 0 Å². The summed E-state index contributed by atoms with van der Waals surface area (Å²) in [6.45, 7) is 0.553. The van der Waals surface area contributed by atoms with Crippen LogP contribution in [0.25, 0.3) is 10.9 Å². The predicted molar refractivity (Wildman–Crippen MR) is 81.1 cm³/mol. The van der Waals surface area contributed by atoms with Crippen LogP contribution >= 0.6 is 12.2 Å². The number of carbonyl (C=O) groups is 1. The van der Waals surface area contributed by atoms with E-state index in [9.17, 15) is 9.59 Å². The number of benzene rings is 1. The van der Waals surface area contributed by atoms with Gasteiger partial charge in [-0.15, -0.1) is 0 Å². The Hall–Kier alpha value is -1.95. The topological polar surface area (TPSA) is 80.9 Å². The zero-order chi connectivity index (χ0) is 14.5. The first-order valence-corrected chi connectivity index (χ1v) is 7.00. The molecule has 2 rings (SSSR count). The highest BCUT2D eigenvalue weighted by molar-refractivity contribution is 7.71. The Morgan fingerprint density at radius 2 is 2.00 bits per heavy atom. The first-order chi connectivity index (χ1) is 9.59. The van der Waals surface area contributed by atoms with Gasteiger partial charge < -0.3 is 10.7 Å². The van der Waals surface area contributed by atoms with Crippen molar-refractivity contribution in [1.82, 2.24) is 9.55 Å². The summed E-state index contributed by atoms with van der Waals surface area (Å²) in [5.74, 6) is -0.287. The molecule has 1 amide bonds. The average Bonchev–Trinajstić information content (AvgIpc) is 2.41. The largest absolute Gasteiger partial charge is 0.370 e. The molecule has 2 aromatic rings. The van der Waals surface area contributed by atoms with E-state index in [-0.39, 0.29) is 11.5 Å². The Morgan fingerprint density at radius 1 is 1.25 bits per heavy atom. The molecule has 0 saturated carbocycles. The highest BCUT2D eigenvalue weighted by Crippen LogP contribution is 2.07. The van der Waals surface area contributed by atoms with Gasteiger partial charge in [-0.05, 0) is 37.2 Å². The number of hydrogen-bond donors (Lipinski definition) is 2. The van der Waals surface area contributed by atoms with Crippen molar-refractivity contribution in [2.45, 2.75) is 32.2 Å². The molecule has 0 bridgehead atoms. The molecule has 0 atom stereocenters. The molecule has 6 heteroatoms. The van der Waals surface area contributed by atoms with Gasteiger partial charge in [0, 0.05) is 13.0 Å². The molecule has 1 heterocycles. The third-order valence-electron chi connectivity index (χ3n) is 3.19. The number of primary amides is 1. The monoisotopic (exact) mass is 291 g/mol. The molecule has 20 heavy (non-hydrogen) atoms. The number of nitrogens with one attached hydrogen (secondary N) is 1. The van der Waals surface area contributed by atoms with E-state index in [1.807, 2.05) is 18.2 Å². The number of aromatic nitrogens is 2. The van der Waals surface area contributed by atoms with Crippen molar-refractivity contribution >= 4 is 29.0 Å². The van der Waals surface area contributed by atoms with Gasteiger partial charge in [0.1, 0.15) is 0 Å². The van der Waals surface area contributed by atoms with Crippen LogP contribution in [0.2, 0.25) is 0 Å². The number of amides is 1. The summed E-state index contributed by atoms with van der Waals surface area (Å²) in [5, 5.41) is 0.637. The van der Waals surface area contributed by atoms with Crippen LogP contribution in [0.1, 0.15) is 25.7 Å². The van der Waals surface area contributed by atoms with Crippen LogP contribution in [0.3, 0.4) is 0 Å². The summed E-state index contributed by atoms with van der Waals surface area (Å²) in [5.41, 5.74) is 5.77. The maximum Gasteiger partial charge on any atom is 0.262 e. The van der Waals surface area contributed by atoms with Crippen LogP contribution in [0.15, 0.2) is 29.1 Å². The molecule has 1 aromatic carbocycles. The Morgan fingerprint density at radius 3 is 2.75 bits per heavy atom. The average molecular weight is 291 g/mol. The lowest BCUT2D eigenvalue weighted by Gasteiger charge is -2.07. The Kier molecular flexibility index (Phi) is 4.68. The van der Waals surface area contributed by atoms with Crippen LogP contribution in [0, 0.1) is 4.77 Å². The van der Waals surface area contributed by atoms with Crippen LogP contribution < -0.4 is 11.3 Å². The van der Waals surface area contributed by atoms with E-state index in [0.717, 1.165) is 24.8 Å². The second-order valence-electron chi connectivity index (χ2n) is 4.71. The molecule has 3 N–H and O–H groups in total. The minimum Gasteiger partial charge on any atom is -0.370 e. The van der Waals surface area contributed by atoms with Crippen molar-refractivity contribution in [2.75, 3.05) is 0 Å². The summed E-state index contributed by atoms with van der Waals surface area (Å²) >= 11 is 5.22. The van der Waals surface area contributed by atoms with E-state index < -0.39 is 0 Å². The summed E-state index contributed by atoms with van der Waals surface area (Å²) in [7, 11) is 0. The van der Waals surface area contributed by atoms with Crippen molar-refractivity contribution in [2.24, 2.45) is 5.73 Å². The van der Waals surface area contributed by atoms with Crippen molar-refractivity contribution in [3.8, 4) is 0 Å². The number of rotatable bonds is 6. The van der Waals surface area contributed by atoms with E-state index in [1.165, 1.54) is 0 Å². The first-order valence-electron chi connectivity index (χ1n) is 6.60. The van der Waals surface area contributed by atoms with E-state index >= 15 is 0 Å². The molecule has 0 unspecified atom stereocenters. The van der Waals surface area contributed by atoms with Crippen LogP contribution in [-0.4, -0.2) is 15.5 Å². The third kappa shape index (κ3) is 3.33. The van der Waals surface area contributed by atoms with Gasteiger partial charge in [-0.2, -0.15) is 0 Å². The summed E-state index contributed by atoms with van der Waals surface area (Å²) in [6, 6.07) is 7.31. The molecule has 0 aliphatic heterocycles. The molecule has 0 aliphatic carbocycles. The Labute approximate surface area is 121 Å². The second-order valence-corrected chi connectivity index (χ2v) is 5.10. The molecular weight excluding hydrogens is 274 g/mol. The normalized spacial score (nSPS) is 10.8. The molecular formula is C14H17N3O2S. The molecule has 0 fully saturated rings. The maximum atomic E-state index is 12.3. The van der Waals surface area contributed by atoms with Gasteiger partial charge in [-0.3, -0.25) is 14.2 Å². The SMILES string of the molecule is NC(=O)CCCCCn1c(=S)[nH]c2ccccc2c1=O. The van der Waals surface area contributed by atoms with Crippen LogP contribution in [-0.2, 0) is 11.3 Å². The zero-order valence-corrected chi connectivity index (χ0v) is 11.9. The van der Waals surface area contributed by atoms with Gasteiger partial charge in [-0.1, -0.05) is 18.6 Å². The van der Waals surface area contributed by atoms with E-state index in [1.54, 1.807) is 10.6 Å². The zero-order valence-electron chi connectivity index (χ0n) is 11.1. The van der Waals surface area contributed by atoms with E-state index in [0.29, 0.717) is 23.1 Å². The lowest BCUT2D eigenvalue weighted by atomic mass is 10.2. The number of H-pyrrole nitrogens is 1. The minimum absolute atomic E-state index is 0.0701. The maximum absolute atomic E-state index is 12.3. The van der Waals surface area contributed by atoms with Crippen molar-refractivity contribution in [3.05, 3.63) is 39.4 Å². The number of fused-ring (bicyclic) bond motifs is 1. The Bertz CT molecular complexity index is 733. The molecule has 106 valence electrons. The fourth-order valence-corrected chi connectivity index (χ4v) is 2.43. The Balaban J connectivity index is 2.12. The minimum atomic E-state index is -0.287. The number of para-hydroxylation sites is 1. The number of hydrogen-bond acceptors (Lipinski definition) is 3. The molecule has 0 spiro atoms. The second kappa shape index (κ2) is 6.47. The highest BCUT2D eigenvalue weighted by atomic mass is 32.1. The summed E-state index contributed by atoms with van der Waals surface area (Å²) in [4.78, 5) is 26.0. The predicted octanol–water partition coefficient (Wildman–Crippen LogP) is 2.10. The lowest BCUT2D eigenvalue weighted by Crippen LogP contribution is -2.22. The fraction of sp³-hybridized carbons (Fsp3) is 0.357. The third-order valence-corrected chi connectivity index (χ3v) is 3.52. The number of aromatic amines is 1. The molecule has 0 aliphatic rings. The van der Waals surface area contributed by atoms with Gasteiger partial charge in [0.05, 0.1) is 10.9 Å². The van der Waals surface area contributed by atoms with Gasteiger partial charge in [-0.25, -0.2) is 0 Å². The highest BCUT2D eigenvalue weighted by Gasteiger charge is 2.04. The number of nitrogens with zero attached hydrogens (tertiary/aromatic N) is 1. The van der Waals surface area contributed by atoms with Gasteiger partial charge in [0.2, 0.25) is 5.91 Å². The van der Waals surface area contributed by atoms with Crippen LogP contribution in [0.4, 0.5) is 0 Å². The standard InChI is InChI=1S/C14H17N3O2S/c15-12(18)8-2-1-5-9-17-13(19)10-6-3-4-7-11(10)16-14(17)20/h3-4,6-7H,1-2,5,8-9H2,(H2,15,18)(H,16,20). The summed E-state index contributed by atoms with van der Waals surface area (Å²) < 4.78 is 2.01. The van der Waals surface area contributed by atoms with Gasteiger partial charge >= 0.3 is 0 Å². The van der Waals surface area contributed by atoms with E-state index in [2.05, 4.69) is 4.98 Å². The van der Waals surface area contributed by atoms with Gasteiger partial charge in [0.15, 0.2) is 4.77 Å². The molecule has 5 nitrogen and oxygen atoms in total. The number of carbonyl (C=O) groups excluding carboxylic acids is 1. The molecule has 1 aromatic heterocycles. The fourth-order valence-electron chi connectivity index (χ4n) is 2.15. The molecule has 0 saturated heterocycles. The number of unbranched alkanes of at least 4 members (excludes halogenated alkanes) is 2.